The molecule has 0 spiro atoms. The molecule has 22 heavy (non-hydrogen) atoms. The number of carbonyl (C=O) groups is 1. The van der Waals surface area contributed by atoms with Crippen LogP contribution in [0.4, 0.5) is 0 Å². The van der Waals surface area contributed by atoms with Crippen LogP contribution in [0.3, 0.4) is 0 Å². The average Bonchev–Trinajstić information content (AvgIpc) is 2.86. The Morgan fingerprint density at radius 1 is 1.36 bits per heavy atom. The second-order valence-electron chi connectivity index (χ2n) is 6.24. The maximum Gasteiger partial charge on any atom is 0.249 e. The minimum atomic E-state index is -0.315. The fourth-order valence-corrected chi connectivity index (χ4v) is 2.83. The molecule has 6 nitrogen and oxygen atoms in total. The second kappa shape index (κ2) is 9.90. The maximum absolute atomic E-state index is 12.0. The Kier molecular flexibility index (Phi) is 9.85. The van der Waals surface area contributed by atoms with Gasteiger partial charge in [0, 0.05) is 32.7 Å². The number of carbonyl (C=O) groups excluding carboxylic acids is 1. The van der Waals surface area contributed by atoms with E-state index in [9.17, 15) is 4.79 Å². The molecular weight excluding hydrogens is 329 g/mol. The SMILES string of the molecule is CC1(C)CN(CCNC(=O)[C@@H]2CC[C@H](CN)O2)CCO1.Cl.Cl. The van der Waals surface area contributed by atoms with E-state index in [1.54, 1.807) is 0 Å². The van der Waals surface area contributed by atoms with Crippen molar-refractivity contribution >= 4 is 30.7 Å². The molecule has 2 saturated heterocycles. The van der Waals surface area contributed by atoms with Crippen LogP contribution in [0, 0.1) is 0 Å². The number of rotatable bonds is 5. The third-order valence-electron chi connectivity index (χ3n) is 3.89. The Hall–Kier alpha value is -0.110. The zero-order valence-corrected chi connectivity index (χ0v) is 15.0. The van der Waals surface area contributed by atoms with Crippen LogP contribution < -0.4 is 11.1 Å². The lowest BCUT2D eigenvalue weighted by Crippen LogP contribution is -2.50. The van der Waals surface area contributed by atoms with Gasteiger partial charge in [-0.05, 0) is 26.7 Å². The first kappa shape index (κ1) is 21.9. The highest BCUT2D eigenvalue weighted by atomic mass is 35.5. The smallest absolute Gasteiger partial charge is 0.249 e. The maximum atomic E-state index is 12.0. The fourth-order valence-electron chi connectivity index (χ4n) is 2.83. The number of nitrogens with zero attached hydrogens (tertiary/aromatic N) is 1. The van der Waals surface area contributed by atoms with Crippen molar-refractivity contribution in [1.29, 1.82) is 0 Å². The second-order valence-corrected chi connectivity index (χ2v) is 6.24. The molecule has 0 unspecified atom stereocenters. The van der Waals surface area contributed by atoms with Crippen LogP contribution in [0.15, 0.2) is 0 Å². The molecule has 2 heterocycles. The van der Waals surface area contributed by atoms with Crippen molar-refractivity contribution in [2.24, 2.45) is 5.73 Å². The molecule has 2 aliphatic heterocycles. The summed E-state index contributed by atoms with van der Waals surface area (Å²) in [6, 6.07) is 0. The average molecular weight is 358 g/mol. The zero-order chi connectivity index (χ0) is 14.6. The molecule has 0 bridgehead atoms. The molecule has 8 heteroatoms. The highest BCUT2D eigenvalue weighted by Gasteiger charge is 2.30. The van der Waals surface area contributed by atoms with E-state index in [0.29, 0.717) is 13.1 Å². The summed E-state index contributed by atoms with van der Waals surface area (Å²) in [5, 5.41) is 2.96. The van der Waals surface area contributed by atoms with Gasteiger partial charge in [0.2, 0.25) is 5.91 Å². The number of halogens is 2. The van der Waals surface area contributed by atoms with Gasteiger partial charge in [0.25, 0.3) is 0 Å². The Labute approximate surface area is 145 Å². The first-order valence-electron chi connectivity index (χ1n) is 7.50. The summed E-state index contributed by atoms with van der Waals surface area (Å²) < 4.78 is 11.2. The van der Waals surface area contributed by atoms with Crippen molar-refractivity contribution in [2.45, 2.75) is 44.5 Å². The van der Waals surface area contributed by atoms with Gasteiger partial charge in [0.05, 0.1) is 18.3 Å². The van der Waals surface area contributed by atoms with E-state index < -0.39 is 0 Å². The predicted octanol–water partition coefficient (Wildman–Crippen LogP) is 0.563. The van der Waals surface area contributed by atoms with Crippen LogP contribution in [0.1, 0.15) is 26.7 Å². The molecule has 0 aromatic carbocycles. The van der Waals surface area contributed by atoms with Gasteiger partial charge in [-0.25, -0.2) is 0 Å². The van der Waals surface area contributed by atoms with Crippen molar-refractivity contribution in [2.75, 3.05) is 39.3 Å². The molecule has 2 rings (SSSR count). The van der Waals surface area contributed by atoms with E-state index in [2.05, 4.69) is 24.1 Å². The molecule has 3 N–H and O–H groups in total. The normalized spacial score (nSPS) is 27.6. The van der Waals surface area contributed by atoms with Gasteiger partial charge >= 0.3 is 0 Å². The summed E-state index contributed by atoms with van der Waals surface area (Å²) in [4.78, 5) is 14.3. The highest BCUT2D eigenvalue weighted by Crippen LogP contribution is 2.19. The van der Waals surface area contributed by atoms with E-state index in [1.165, 1.54) is 0 Å². The summed E-state index contributed by atoms with van der Waals surface area (Å²) >= 11 is 0. The Bertz CT molecular complexity index is 345. The summed E-state index contributed by atoms with van der Waals surface area (Å²) in [6.45, 7) is 8.77. The number of nitrogens with two attached hydrogens (primary N) is 1. The summed E-state index contributed by atoms with van der Waals surface area (Å²) in [5.74, 6) is -0.00605. The number of amides is 1. The molecule has 1 amide bonds. The number of nitrogens with one attached hydrogen (secondary N) is 1. The first-order valence-corrected chi connectivity index (χ1v) is 7.50. The molecule has 2 atom stereocenters. The molecule has 0 saturated carbocycles. The van der Waals surface area contributed by atoms with Gasteiger partial charge in [-0.1, -0.05) is 0 Å². The summed E-state index contributed by atoms with van der Waals surface area (Å²) in [7, 11) is 0. The van der Waals surface area contributed by atoms with Gasteiger partial charge in [-0.2, -0.15) is 0 Å². The number of ether oxygens (including phenoxy) is 2. The number of hydrogen-bond donors (Lipinski definition) is 2. The van der Waals surface area contributed by atoms with Crippen molar-refractivity contribution < 1.29 is 14.3 Å². The van der Waals surface area contributed by atoms with Gasteiger partial charge < -0.3 is 20.5 Å². The van der Waals surface area contributed by atoms with E-state index in [1.807, 2.05) is 0 Å². The quantitative estimate of drug-likeness (QED) is 0.751. The topological polar surface area (TPSA) is 76.8 Å². The van der Waals surface area contributed by atoms with Crippen LogP contribution >= 0.6 is 24.8 Å². The summed E-state index contributed by atoms with van der Waals surface area (Å²) in [6.07, 6.45) is 1.39. The van der Waals surface area contributed by atoms with Crippen molar-refractivity contribution in [3.63, 3.8) is 0 Å². The molecule has 132 valence electrons. The van der Waals surface area contributed by atoms with Crippen LogP contribution in [0.2, 0.25) is 0 Å². The lowest BCUT2D eigenvalue weighted by Gasteiger charge is -2.38. The van der Waals surface area contributed by atoms with Crippen LogP contribution in [0.25, 0.3) is 0 Å². The molecule has 0 aromatic rings. The molecule has 2 aliphatic rings. The highest BCUT2D eigenvalue weighted by molar-refractivity contribution is 5.85. The lowest BCUT2D eigenvalue weighted by molar-refractivity contribution is -0.132. The third kappa shape index (κ3) is 6.56. The van der Waals surface area contributed by atoms with Gasteiger partial charge in [0.15, 0.2) is 0 Å². The van der Waals surface area contributed by atoms with E-state index in [4.69, 9.17) is 15.2 Å². The van der Waals surface area contributed by atoms with Gasteiger partial charge in [0.1, 0.15) is 6.10 Å². The third-order valence-corrected chi connectivity index (χ3v) is 3.89. The van der Waals surface area contributed by atoms with Crippen LogP contribution in [0.5, 0.6) is 0 Å². The Morgan fingerprint density at radius 2 is 2.09 bits per heavy atom. The number of hydrogen-bond acceptors (Lipinski definition) is 5. The molecule has 0 radical (unpaired) electrons. The number of morpholine rings is 1. The van der Waals surface area contributed by atoms with Gasteiger partial charge in [-0.3, -0.25) is 9.69 Å². The minimum Gasteiger partial charge on any atom is -0.373 e. The lowest BCUT2D eigenvalue weighted by atomic mass is 10.1. The Morgan fingerprint density at radius 3 is 2.68 bits per heavy atom. The van der Waals surface area contributed by atoms with E-state index >= 15 is 0 Å². The fraction of sp³-hybridized carbons (Fsp3) is 0.929. The molecule has 2 fully saturated rings. The monoisotopic (exact) mass is 357 g/mol. The standard InChI is InChI=1S/C14H27N3O3.2ClH/c1-14(2)10-17(7-8-19-14)6-5-16-13(18)12-4-3-11(9-15)20-12;;/h11-12H,3-10,15H2,1-2H3,(H,16,18);2*1H/t11-,12+;;/m1../s1. The zero-order valence-electron chi connectivity index (χ0n) is 13.4. The van der Waals surface area contributed by atoms with Crippen molar-refractivity contribution in [3.8, 4) is 0 Å². The molecule has 0 aromatic heterocycles. The van der Waals surface area contributed by atoms with E-state index in [0.717, 1.165) is 39.1 Å². The van der Waals surface area contributed by atoms with Crippen molar-refractivity contribution in [1.82, 2.24) is 10.2 Å². The van der Waals surface area contributed by atoms with Crippen molar-refractivity contribution in [3.05, 3.63) is 0 Å². The van der Waals surface area contributed by atoms with Gasteiger partial charge in [-0.15, -0.1) is 24.8 Å². The Balaban J connectivity index is 0.00000220. The predicted molar refractivity (Wildman–Crippen MR) is 90.9 cm³/mol. The summed E-state index contributed by atoms with van der Waals surface area (Å²) in [5.41, 5.74) is 5.45. The van der Waals surface area contributed by atoms with Crippen LogP contribution in [-0.2, 0) is 14.3 Å². The largest absolute Gasteiger partial charge is 0.373 e. The minimum absolute atomic E-state index is 0. The first-order chi connectivity index (χ1) is 9.50. The van der Waals surface area contributed by atoms with E-state index in [-0.39, 0.29) is 48.5 Å². The molecule has 0 aliphatic carbocycles. The van der Waals surface area contributed by atoms with Crippen LogP contribution in [-0.4, -0.2) is 67.9 Å². The molecular formula is C14H29Cl2N3O3.